The Morgan fingerprint density at radius 1 is 1.46 bits per heavy atom. The third-order valence-corrected chi connectivity index (χ3v) is 2.52. The Labute approximate surface area is 77.1 Å². The molecule has 0 saturated carbocycles. The molecular formula is C8H5NO3S. The van der Waals surface area contributed by atoms with E-state index >= 15 is 0 Å². The van der Waals surface area contributed by atoms with Gasteiger partial charge < -0.3 is 10.2 Å². The fourth-order valence-electron chi connectivity index (χ4n) is 1.07. The Morgan fingerprint density at radius 2 is 2.23 bits per heavy atom. The van der Waals surface area contributed by atoms with Crippen LogP contribution < -0.4 is 0 Å². The van der Waals surface area contributed by atoms with E-state index in [1.807, 2.05) is 0 Å². The maximum atomic E-state index is 10.6. The number of benzene rings is 1. The van der Waals surface area contributed by atoms with E-state index in [0.717, 1.165) is 0 Å². The van der Waals surface area contributed by atoms with Crippen LogP contribution in [0, 0.1) is 0 Å². The van der Waals surface area contributed by atoms with E-state index in [2.05, 4.69) is 4.98 Å². The highest BCUT2D eigenvalue weighted by atomic mass is 32.1. The molecule has 13 heavy (non-hydrogen) atoms. The van der Waals surface area contributed by atoms with Gasteiger partial charge in [0.1, 0.15) is 5.75 Å². The zero-order chi connectivity index (χ0) is 9.42. The Morgan fingerprint density at radius 3 is 2.92 bits per heavy atom. The molecule has 0 amide bonds. The van der Waals surface area contributed by atoms with Crippen LogP contribution in [-0.4, -0.2) is 21.2 Å². The summed E-state index contributed by atoms with van der Waals surface area (Å²) in [4.78, 5) is 14.5. The van der Waals surface area contributed by atoms with Gasteiger partial charge in [-0.3, -0.25) is 0 Å². The number of phenols is 1. The number of thiazole rings is 1. The molecule has 0 radical (unpaired) electrons. The highest BCUT2D eigenvalue weighted by molar-refractivity contribution is 7.17. The van der Waals surface area contributed by atoms with E-state index in [1.165, 1.54) is 23.5 Å². The minimum atomic E-state index is -1.06. The summed E-state index contributed by atoms with van der Waals surface area (Å²) in [6, 6.07) is 2.66. The van der Waals surface area contributed by atoms with E-state index in [4.69, 9.17) is 5.11 Å². The number of rotatable bonds is 1. The summed E-state index contributed by atoms with van der Waals surface area (Å²) < 4.78 is 0.616. The second-order valence-electron chi connectivity index (χ2n) is 2.50. The number of carboxylic acid groups (broad SMARTS) is 1. The Kier molecular flexibility index (Phi) is 1.66. The molecule has 0 aliphatic carbocycles. The highest BCUT2D eigenvalue weighted by Gasteiger charge is 2.09. The summed E-state index contributed by atoms with van der Waals surface area (Å²) in [6.45, 7) is 0. The predicted octanol–water partition coefficient (Wildman–Crippen LogP) is 1.70. The lowest BCUT2D eigenvalue weighted by atomic mass is 10.2. The molecule has 0 aliphatic rings. The van der Waals surface area contributed by atoms with Gasteiger partial charge in [-0.05, 0) is 12.1 Å². The number of nitrogens with zero attached hydrogens (tertiary/aromatic N) is 1. The number of carboxylic acids is 1. The average Bonchev–Trinajstić information content (AvgIpc) is 2.51. The zero-order valence-electron chi connectivity index (χ0n) is 6.39. The van der Waals surface area contributed by atoms with Crippen molar-refractivity contribution in [3.63, 3.8) is 0 Å². The number of aromatic hydroxyl groups is 1. The third kappa shape index (κ3) is 1.23. The van der Waals surface area contributed by atoms with Crippen molar-refractivity contribution < 1.29 is 15.0 Å². The van der Waals surface area contributed by atoms with E-state index in [-0.39, 0.29) is 11.3 Å². The molecule has 2 rings (SSSR count). The Bertz CT molecular complexity index is 477. The molecule has 0 bridgehead atoms. The SMILES string of the molecule is O=C(O)c1cc(O)c2scnc2c1. The van der Waals surface area contributed by atoms with Crippen LogP contribution in [0.1, 0.15) is 10.4 Å². The van der Waals surface area contributed by atoms with Crippen LogP contribution >= 0.6 is 11.3 Å². The molecule has 1 heterocycles. The molecule has 0 saturated heterocycles. The van der Waals surface area contributed by atoms with Crippen molar-refractivity contribution >= 4 is 27.5 Å². The lowest BCUT2D eigenvalue weighted by molar-refractivity contribution is 0.0696. The Hall–Kier alpha value is -1.62. The van der Waals surface area contributed by atoms with E-state index < -0.39 is 5.97 Å². The van der Waals surface area contributed by atoms with Crippen molar-refractivity contribution in [2.24, 2.45) is 0 Å². The average molecular weight is 195 g/mol. The molecule has 0 spiro atoms. The van der Waals surface area contributed by atoms with Crippen molar-refractivity contribution in [3.05, 3.63) is 23.2 Å². The molecule has 0 aliphatic heterocycles. The number of aromatic carboxylic acids is 1. The maximum Gasteiger partial charge on any atom is 0.335 e. The van der Waals surface area contributed by atoms with E-state index in [9.17, 15) is 9.90 Å². The quantitative estimate of drug-likeness (QED) is 0.726. The largest absolute Gasteiger partial charge is 0.506 e. The van der Waals surface area contributed by atoms with Crippen LogP contribution in [0.3, 0.4) is 0 Å². The normalized spacial score (nSPS) is 10.5. The number of aromatic nitrogens is 1. The topological polar surface area (TPSA) is 70.4 Å². The van der Waals surface area contributed by atoms with Crippen LogP contribution in [-0.2, 0) is 0 Å². The lowest BCUT2D eigenvalue weighted by Gasteiger charge is -1.96. The molecule has 0 atom stereocenters. The molecule has 2 aromatic rings. The summed E-state index contributed by atoms with van der Waals surface area (Å²) in [5.74, 6) is -1.09. The number of carbonyl (C=O) groups is 1. The van der Waals surface area contributed by atoms with Crippen LogP contribution in [0.15, 0.2) is 17.6 Å². The van der Waals surface area contributed by atoms with Gasteiger partial charge in [0.2, 0.25) is 0 Å². The molecule has 0 unspecified atom stereocenters. The van der Waals surface area contributed by atoms with Crippen molar-refractivity contribution in [1.82, 2.24) is 4.98 Å². The number of phenolic OH excluding ortho intramolecular Hbond substituents is 1. The van der Waals surface area contributed by atoms with Gasteiger partial charge in [-0.1, -0.05) is 0 Å². The third-order valence-electron chi connectivity index (χ3n) is 1.66. The van der Waals surface area contributed by atoms with Gasteiger partial charge in [-0.15, -0.1) is 11.3 Å². The highest BCUT2D eigenvalue weighted by Crippen LogP contribution is 2.29. The standard InChI is InChI=1S/C8H5NO3S/c10-6-2-4(8(11)12)1-5-7(6)13-3-9-5/h1-3,10H,(H,11,12). The number of hydrogen-bond acceptors (Lipinski definition) is 4. The van der Waals surface area contributed by atoms with Crippen molar-refractivity contribution in [2.45, 2.75) is 0 Å². The molecule has 1 aromatic carbocycles. The van der Waals surface area contributed by atoms with Crippen LogP contribution in [0.4, 0.5) is 0 Å². The second-order valence-corrected chi connectivity index (χ2v) is 3.36. The molecule has 1 aromatic heterocycles. The molecule has 66 valence electrons. The van der Waals surface area contributed by atoms with E-state index in [0.29, 0.717) is 10.2 Å². The minimum Gasteiger partial charge on any atom is -0.506 e. The smallest absolute Gasteiger partial charge is 0.335 e. The molecular weight excluding hydrogens is 190 g/mol. The first-order valence-electron chi connectivity index (χ1n) is 3.48. The van der Waals surface area contributed by atoms with Crippen molar-refractivity contribution in [1.29, 1.82) is 0 Å². The molecule has 2 N–H and O–H groups in total. The first-order valence-corrected chi connectivity index (χ1v) is 4.36. The van der Waals surface area contributed by atoms with Crippen LogP contribution in [0.25, 0.3) is 10.2 Å². The summed E-state index contributed by atoms with van der Waals surface area (Å²) in [6.07, 6.45) is 0. The monoisotopic (exact) mass is 195 g/mol. The van der Waals surface area contributed by atoms with Crippen LogP contribution in [0.2, 0.25) is 0 Å². The van der Waals surface area contributed by atoms with Gasteiger partial charge >= 0.3 is 5.97 Å². The van der Waals surface area contributed by atoms with Gasteiger partial charge in [0.25, 0.3) is 0 Å². The summed E-state index contributed by atoms with van der Waals surface area (Å²) in [7, 11) is 0. The van der Waals surface area contributed by atoms with Gasteiger partial charge in [-0.2, -0.15) is 0 Å². The van der Waals surface area contributed by atoms with Gasteiger partial charge in [0, 0.05) is 0 Å². The van der Waals surface area contributed by atoms with Gasteiger partial charge in [-0.25, -0.2) is 9.78 Å². The van der Waals surface area contributed by atoms with Crippen LogP contribution in [0.5, 0.6) is 5.75 Å². The minimum absolute atomic E-state index is 0.0302. The first kappa shape index (κ1) is 8.00. The predicted molar refractivity (Wildman–Crippen MR) is 48.2 cm³/mol. The Balaban J connectivity index is 2.77. The van der Waals surface area contributed by atoms with Crippen molar-refractivity contribution in [2.75, 3.05) is 0 Å². The fraction of sp³-hybridized carbons (Fsp3) is 0. The molecule has 5 heteroatoms. The fourth-order valence-corrected chi connectivity index (χ4v) is 1.76. The lowest BCUT2D eigenvalue weighted by Crippen LogP contribution is -1.95. The second kappa shape index (κ2) is 2.70. The van der Waals surface area contributed by atoms with Crippen molar-refractivity contribution in [3.8, 4) is 5.75 Å². The number of hydrogen-bond donors (Lipinski definition) is 2. The zero-order valence-corrected chi connectivity index (χ0v) is 7.21. The maximum absolute atomic E-state index is 10.6. The van der Waals surface area contributed by atoms with Gasteiger partial charge in [0.05, 0.1) is 21.3 Å². The summed E-state index contributed by atoms with van der Waals surface area (Å²) in [5.41, 5.74) is 2.13. The summed E-state index contributed by atoms with van der Waals surface area (Å²) in [5, 5.41) is 18.1. The number of fused-ring (bicyclic) bond motifs is 1. The van der Waals surface area contributed by atoms with E-state index in [1.54, 1.807) is 5.51 Å². The first-order chi connectivity index (χ1) is 6.18. The van der Waals surface area contributed by atoms with Gasteiger partial charge in [0.15, 0.2) is 0 Å². The summed E-state index contributed by atoms with van der Waals surface area (Å²) >= 11 is 1.28. The molecule has 4 nitrogen and oxygen atoms in total. The molecule has 0 fully saturated rings.